The first-order valence-electron chi connectivity index (χ1n) is 3.99. The van der Waals surface area contributed by atoms with Crippen molar-refractivity contribution < 1.29 is 33.6 Å². The number of hydrogen-bond donors (Lipinski definition) is 2. The van der Waals surface area contributed by atoms with Gasteiger partial charge in [-0.1, -0.05) is 0 Å². The highest BCUT2D eigenvalue weighted by Crippen LogP contribution is 2.48. The molecule has 0 aromatic heterocycles. The molecule has 9 heteroatoms. The van der Waals surface area contributed by atoms with E-state index in [1.807, 2.05) is 0 Å². The van der Waals surface area contributed by atoms with E-state index in [1.54, 1.807) is 0 Å². The summed E-state index contributed by atoms with van der Waals surface area (Å²) in [6.45, 7) is -0.487. The van der Waals surface area contributed by atoms with E-state index in [1.165, 1.54) is 0 Å². The van der Waals surface area contributed by atoms with E-state index in [2.05, 4.69) is 24.4 Å². The summed E-state index contributed by atoms with van der Waals surface area (Å²) in [5.41, 5.74) is 0. The Kier molecular flexibility index (Phi) is 7.49. The van der Waals surface area contributed by atoms with Crippen molar-refractivity contribution >= 4 is 13.5 Å². The van der Waals surface area contributed by atoms with Gasteiger partial charge in [0.25, 0.3) is 0 Å². The second kappa shape index (κ2) is 7.75. The highest BCUT2D eigenvalue weighted by atomic mass is 31.2. The topological polar surface area (TPSA) is 103 Å². The number of nitrogens with one attached hydrogen (secondary N) is 1. The molecule has 2 N–H and O–H groups in total. The van der Waals surface area contributed by atoms with Gasteiger partial charge in [0.2, 0.25) is 5.91 Å². The lowest BCUT2D eigenvalue weighted by molar-refractivity contribution is -0.242. The summed E-state index contributed by atoms with van der Waals surface area (Å²) in [7, 11) is -1.28. The third kappa shape index (κ3) is 6.56. The Balaban J connectivity index is 4.06. The van der Waals surface area contributed by atoms with Crippen molar-refractivity contribution in [3.63, 3.8) is 0 Å². The lowest BCUT2D eigenvalue weighted by Crippen LogP contribution is -2.24. The number of rotatable bonds is 8. The predicted molar refractivity (Wildman–Crippen MR) is 48.5 cm³/mol. The van der Waals surface area contributed by atoms with Gasteiger partial charge in [-0.05, 0) is 0 Å². The monoisotopic (exact) mass is 243 g/mol. The second-order valence-electron chi connectivity index (χ2n) is 2.32. The van der Waals surface area contributed by atoms with Crippen LogP contribution in [0.15, 0.2) is 0 Å². The molecule has 0 radical (unpaired) electrons. The highest BCUT2D eigenvalue weighted by Gasteiger charge is 2.28. The maximum atomic E-state index is 11.6. The van der Waals surface area contributed by atoms with Gasteiger partial charge >= 0.3 is 7.60 Å². The van der Waals surface area contributed by atoms with Crippen LogP contribution in [0.4, 0.5) is 0 Å². The molecule has 0 aliphatic carbocycles. The third-order valence-corrected chi connectivity index (χ3v) is 2.79. The van der Waals surface area contributed by atoms with Crippen LogP contribution in [0.1, 0.15) is 6.42 Å². The normalized spacial score (nSPS) is 11.4. The Hall–Kier alpha value is -0.500. The van der Waals surface area contributed by atoms with Gasteiger partial charge < -0.3 is 10.4 Å². The quantitative estimate of drug-likeness (QED) is 0.263. The zero-order valence-corrected chi connectivity index (χ0v) is 9.36. The summed E-state index contributed by atoms with van der Waals surface area (Å²) >= 11 is 0. The van der Waals surface area contributed by atoms with Crippen LogP contribution in [0.25, 0.3) is 0 Å². The summed E-state index contributed by atoms with van der Waals surface area (Å²) in [6, 6.07) is 0. The Morgan fingerprint density at radius 1 is 1.33 bits per heavy atom. The van der Waals surface area contributed by atoms with Gasteiger partial charge in [-0.3, -0.25) is 9.36 Å². The van der Waals surface area contributed by atoms with Crippen LogP contribution in [0.3, 0.4) is 0 Å². The number of carbonyl (C=O) groups is 1. The maximum absolute atomic E-state index is 11.6. The van der Waals surface area contributed by atoms with Crippen molar-refractivity contribution in [1.82, 2.24) is 5.32 Å². The average molecular weight is 243 g/mol. The Labute approximate surface area is 86.8 Å². The van der Waals surface area contributed by atoms with Gasteiger partial charge in [0.05, 0.1) is 20.4 Å². The average Bonchev–Trinajstić information content (AvgIpc) is 2.16. The zero-order chi connectivity index (χ0) is 11.7. The molecule has 0 aliphatic rings. The number of amides is 1. The molecular weight excluding hydrogens is 229 g/mol. The first-order chi connectivity index (χ1) is 7.08. The van der Waals surface area contributed by atoms with E-state index >= 15 is 0 Å². The van der Waals surface area contributed by atoms with Gasteiger partial charge in [0, 0.05) is 6.42 Å². The molecule has 0 atom stereocenters. The van der Waals surface area contributed by atoms with Crippen molar-refractivity contribution in [3.05, 3.63) is 0 Å². The Morgan fingerprint density at radius 2 is 1.87 bits per heavy atom. The standard InChI is InChI=1S/C6H14NO7P/c1-11-13-15(10,14-12-2)4-3-6(9)7-5-8/h8H,3-5H2,1-2H3,(H,7,9). The summed E-state index contributed by atoms with van der Waals surface area (Å²) in [5, 5.41) is 10.5. The number of aliphatic hydroxyl groups excluding tert-OH is 1. The molecule has 0 aromatic carbocycles. The largest absolute Gasteiger partial charge is 0.384 e. The van der Waals surface area contributed by atoms with Gasteiger partial charge in [-0.25, -0.2) is 9.78 Å². The maximum Gasteiger partial charge on any atom is 0.384 e. The van der Waals surface area contributed by atoms with Crippen LogP contribution in [0.2, 0.25) is 0 Å². The summed E-state index contributed by atoms with van der Waals surface area (Å²) < 4.78 is 20.3. The number of carbonyl (C=O) groups excluding carboxylic acids is 1. The molecule has 0 aromatic rings. The van der Waals surface area contributed by atoms with Crippen LogP contribution < -0.4 is 5.32 Å². The third-order valence-electron chi connectivity index (χ3n) is 1.27. The lowest BCUT2D eigenvalue weighted by atomic mass is 10.5. The summed E-state index contributed by atoms with van der Waals surface area (Å²) in [5.74, 6) is -0.489. The molecule has 0 rings (SSSR count). The van der Waals surface area contributed by atoms with Crippen LogP contribution >= 0.6 is 7.60 Å². The molecule has 1 amide bonds. The van der Waals surface area contributed by atoms with Crippen LogP contribution in [0.5, 0.6) is 0 Å². The van der Waals surface area contributed by atoms with Gasteiger partial charge in [0.15, 0.2) is 0 Å². The molecule has 0 saturated carbocycles. The number of aliphatic hydroxyl groups is 1. The smallest absolute Gasteiger partial charge is 0.377 e. The van der Waals surface area contributed by atoms with Crippen molar-refractivity contribution in [2.75, 3.05) is 27.1 Å². The minimum atomic E-state index is -3.58. The molecule has 0 bridgehead atoms. The summed E-state index contributed by atoms with van der Waals surface area (Å²) in [6.07, 6.45) is -0.370. The fraction of sp³-hybridized carbons (Fsp3) is 0.833. The van der Waals surface area contributed by atoms with Gasteiger partial charge in [-0.15, -0.1) is 9.35 Å². The minimum absolute atomic E-state index is 0.148. The number of hydrogen-bond acceptors (Lipinski definition) is 7. The van der Waals surface area contributed by atoms with E-state index in [0.717, 1.165) is 14.2 Å². The van der Waals surface area contributed by atoms with Crippen LogP contribution in [-0.2, 0) is 28.5 Å². The molecule has 0 unspecified atom stereocenters. The first kappa shape index (κ1) is 14.5. The first-order valence-corrected chi connectivity index (χ1v) is 5.72. The molecule has 0 heterocycles. The minimum Gasteiger partial charge on any atom is -0.377 e. The zero-order valence-electron chi connectivity index (χ0n) is 8.47. The fourth-order valence-electron chi connectivity index (χ4n) is 0.729. The molecule has 0 fully saturated rings. The van der Waals surface area contributed by atoms with Crippen molar-refractivity contribution in [2.45, 2.75) is 6.42 Å². The van der Waals surface area contributed by atoms with E-state index < -0.39 is 20.2 Å². The Bertz CT molecular complexity index is 224. The highest BCUT2D eigenvalue weighted by molar-refractivity contribution is 7.53. The van der Waals surface area contributed by atoms with Crippen LogP contribution in [0, 0.1) is 0 Å². The molecule has 0 saturated heterocycles. The predicted octanol–water partition coefficient (Wildman–Crippen LogP) is -0.208. The van der Waals surface area contributed by atoms with E-state index in [9.17, 15) is 9.36 Å². The van der Waals surface area contributed by atoms with Crippen LogP contribution in [-0.4, -0.2) is 38.1 Å². The van der Waals surface area contributed by atoms with E-state index in [0.29, 0.717) is 0 Å². The molecular formula is C6H14NO7P. The molecule has 0 aliphatic heterocycles. The molecule has 15 heavy (non-hydrogen) atoms. The second-order valence-corrected chi connectivity index (χ2v) is 4.29. The fourth-order valence-corrected chi connectivity index (χ4v) is 1.83. The SMILES string of the molecule is COOP(=O)(CCC(=O)NCO)OOC. The molecule has 90 valence electrons. The van der Waals surface area contributed by atoms with Crippen molar-refractivity contribution in [2.24, 2.45) is 0 Å². The van der Waals surface area contributed by atoms with E-state index in [-0.39, 0.29) is 12.6 Å². The molecule has 8 nitrogen and oxygen atoms in total. The van der Waals surface area contributed by atoms with Crippen molar-refractivity contribution in [3.8, 4) is 0 Å². The van der Waals surface area contributed by atoms with E-state index in [4.69, 9.17) is 5.11 Å². The van der Waals surface area contributed by atoms with Gasteiger partial charge in [0.1, 0.15) is 6.73 Å². The Morgan fingerprint density at radius 3 is 2.27 bits per heavy atom. The lowest BCUT2D eigenvalue weighted by Gasteiger charge is -2.13. The van der Waals surface area contributed by atoms with Gasteiger partial charge in [-0.2, -0.15) is 0 Å². The summed E-state index contributed by atoms with van der Waals surface area (Å²) in [4.78, 5) is 19.3. The molecule has 0 spiro atoms. The van der Waals surface area contributed by atoms with Crippen molar-refractivity contribution in [1.29, 1.82) is 0 Å².